The lowest BCUT2D eigenvalue weighted by Crippen LogP contribution is -2.29. The highest BCUT2D eigenvalue weighted by molar-refractivity contribution is 5.49. The van der Waals surface area contributed by atoms with E-state index in [4.69, 9.17) is 9.47 Å². The van der Waals surface area contributed by atoms with Crippen LogP contribution in [0.5, 0.6) is 11.5 Å². The number of hydrogen-bond donors (Lipinski definition) is 1. The molecular weight excluding hydrogens is 238 g/mol. The third-order valence-corrected chi connectivity index (χ3v) is 3.76. The van der Waals surface area contributed by atoms with Crippen molar-refractivity contribution in [3.05, 3.63) is 23.8 Å². The summed E-state index contributed by atoms with van der Waals surface area (Å²) in [7, 11) is 0. The second kappa shape index (κ2) is 6.80. The van der Waals surface area contributed by atoms with Crippen LogP contribution in [-0.4, -0.2) is 19.8 Å². The Morgan fingerprint density at radius 1 is 1.21 bits per heavy atom. The van der Waals surface area contributed by atoms with Crippen molar-refractivity contribution in [3.63, 3.8) is 0 Å². The van der Waals surface area contributed by atoms with E-state index < -0.39 is 0 Å². The topological polar surface area (TPSA) is 30.5 Å². The summed E-state index contributed by atoms with van der Waals surface area (Å²) in [5, 5.41) is 3.65. The number of nitrogens with one attached hydrogen (secondary N) is 1. The monoisotopic (exact) mass is 263 g/mol. The van der Waals surface area contributed by atoms with Gasteiger partial charge < -0.3 is 14.8 Å². The van der Waals surface area contributed by atoms with E-state index in [0.29, 0.717) is 25.2 Å². The van der Waals surface area contributed by atoms with Gasteiger partial charge in [0.2, 0.25) is 0 Å². The fourth-order valence-electron chi connectivity index (χ4n) is 2.49. The molecule has 1 aliphatic rings. The number of fused-ring (bicyclic) bond motifs is 1. The van der Waals surface area contributed by atoms with Gasteiger partial charge in [-0.3, -0.25) is 0 Å². The van der Waals surface area contributed by atoms with Crippen LogP contribution in [0.25, 0.3) is 0 Å². The molecule has 1 aromatic rings. The van der Waals surface area contributed by atoms with Crippen molar-refractivity contribution in [3.8, 4) is 11.5 Å². The van der Waals surface area contributed by atoms with Crippen LogP contribution in [0, 0.1) is 5.92 Å². The molecule has 0 saturated carbocycles. The Hall–Kier alpha value is -1.22. The minimum absolute atomic E-state index is 0.335. The Balaban J connectivity index is 2.29. The molecule has 0 fully saturated rings. The van der Waals surface area contributed by atoms with E-state index in [9.17, 15) is 0 Å². The van der Waals surface area contributed by atoms with Crippen molar-refractivity contribution in [1.29, 1.82) is 0 Å². The van der Waals surface area contributed by atoms with Gasteiger partial charge in [-0.05, 0) is 24.9 Å². The van der Waals surface area contributed by atoms with Gasteiger partial charge in [0.15, 0.2) is 11.5 Å². The van der Waals surface area contributed by atoms with E-state index in [1.54, 1.807) is 0 Å². The summed E-state index contributed by atoms with van der Waals surface area (Å²) in [5.41, 5.74) is 1.24. The lowest BCUT2D eigenvalue weighted by Gasteiger charge is -2.29. The number of rotatable bonds is 6. The summed E-state index contributed by atoms with van der Waals surface area (Å²) in [6.45, 7) is 9.03. The van der Waals surface area contributed by atoms with Gasteiger partial charge in [0.25, 0.3) is 0 Å². The van der Waals surface area contributed by atoms with Gasteiger partial charge in [-0.2, -0.15) is 0 Å². The van der Waals surface area contributed by atoms with Gasteiger partial charge in [-0.1, -0.05) is 39.3 Å². The molecule has 2 unspecified atom stereocenters. The van der Waals surface area contributed by atoms with Crippen molar-refractivity contribution in [1.82, 2.24) is 5.32 Å². The predicted molar refractivity (Wildman–Crippen MR) is 77.9 cm³/mol. The van der Waals surface area contributed by atoms with Crippen LogP contribution in [0.15, 0.2) is 18.2 Å². The zero-order valence-corrected chi connectivity index (χ0v) is 12.2. The van der Waals surface area contributed by atoms with E-state index in [1.165, 1.54) is 5.56 Å². The Morgan fingerprint density at radius 2 is 2.00 bits per heavy atom. The highest BCUT2D eigenvalue weighted by Gasteiger charge is 2.24. The zero-order valence-electron chi connectivity index (χ0n) is 12.2. The molecule has 3 heteroatoms. The molecule has 0 amide bonds. The predicted octanol–water partition coefficient (Wildman–Crippen LogP) is 3.54. The largest absolute Gasteiger partial charge is 0.486 e. The maximum absolute atomic E-state index is 5.85. The van der Waals surface area contributed by atoms with Gasteiger partial charge in [0.1, 0.15) is 13.2 Å². The quantitative estimate of drug-likeness (QED) is 0.851. The maximum atomic E-state index is 5.85. The molecule has 0 bridgehead atoms. The van der Waals surface area contributed by atoms with E-state index >= 15 is 0 Å². The highest BCUT2D eigenvalue weighted by atomic mass is 16.6. The molecule has 1 N–H and O–H groups in total. The minimum Gasteiger partial charge on any atom is -0.486 e. The Morgan fingerprint density at radius 3 is 2.74 bits per heavy atom. The van der Waals surface area contributed by atoms with Crippen LogP contribution >= 0.6 is 0 Å². The number of para-hydroxylation sites is 1. The van der Waals surface area contributed by atoms with E-state index in [0.717, 1.165) is 30.9 Å². The Bertz CT molecular complexity index is 406. The fraction of sp³-hybridized carbons (Fsp3) is 0.625. The number of ether oxygens (including phenoxy) is 2. The first-order valence-electron chi connectivity index (χ1n) is 7.39. The van der Waals surface area contributed by atoms with E-state index in [-0.39, 0.29) is 0 Å². The third-order valence-electron chi connectivity index (χ3n) is 3.76. The van der Waals surface area contributed by atoms with Crippen molar-refractivity contribution >= 4 is 0 Å². The normalized spacial score (nSPS) is 17.0. The van der Waals surface area contributed by atoms with Gasteiger partial charge in [-0.15, -0.1) is 0 Å². The minimum atomic E-state index is 0.335. The smallest absolute Gasteiger partial charge is 0.166 e. The van der Waals surface area contributed by atoms with Gasteiger partial charge in [0, 0.05) is 11.6 Å². The summed E-state index contributed by atoms with van der Waals surface area (Å²) in [6.07, 6.45) is 2.28. The van der Waals surface area contributed by atoms with Gasteiger partial charge in [0.05, 0.1) is 0 Å². The van der Waals surface area contributed by atoms with E-state index in [1.807, 2.05) is 6.07 Å². The molecule has 106 valence electrons. The average Bonchev–Trinajstić information content (AvgIpc) is 2.47. The van der Waals surface area contributed by atoms with E-state index in [2.05, 4.69) is 38.2 Å². The maximum Gasteiger partial charge on any atom is 0.166 e. The molecule has 2 atom stereocenters. The molecule has 0 aliphatic carbocycles. The molecule has 0 spiro atoms. The first-order valence-corrected chi connectivity index (χ1v) is 7.39. The molecule has 1 heterocycles. The van der Waals surface area contributed by atoms with Crippen LogP contribution in [0.3, 0.4) is 0 Å². The lowest BCUT2D eigenvalue weighted by molar-refractivity contribution is 0.167. The Kier molecular flexibility index (Phi) is 5.08. The zero-order chi connectivity index (χ0) is 13.7. The fourth-order valence-corrected chi connectivity index (χ4v) is 2.49. The molecule has 0 aromatic heterocycles. The first kappa shape index (κ1) is 14.2. The van der Waals surface area contributed by atoms with Gasteiger partial charge in [-0.25, -0.2) is 0 Å². The van der Waals surface area contributed by atoms with Crippen LogP contribution in [0.4, 0.5) is 0 Å². The van der Waals surface area contributed by atoms with Crippen LogP contribution in [0.2, 0.25) is 0 Å². The molecule has 0 radical (unpaired) electrons. The first-order chi connectivity index (χ1) is 9.27. The summed E-state index contributed by atoms with van der Waals surface area (Å²) >= 11 is 0. The molecule has 3 nitrogen and oxygen atoms in total. The second-order valence-corrected chi connectivity index (χ2v) is 5.19. The third kappa shape index (κ3) is 3.21. The number of benzene rings is 1. The Labute approximate surface area is 116 Å². The molecular formula is C16H25NO2. The summed E-state index contributed by atoms with van der Waals surface area (Å²) in [4.78, 5) is 0. The molecule has 0 saturated heterocycles. The van der Waals surface area contributed by atoms with Crippen molar-refractivity contribution in [2.75, 3.05) is 19.8 Å². The highest BCUT2D eigenvalue weighted by Crippen LogP contribution is 2.39. The van der Waals surface area contributed by atoms with Crippen LogP contribution in [0.1, 0.15) is 45.2 Å². The SMILES string of the molecule is CCCNC(c1cccc2c1OCCO2)C(C)CC. The second-order valence-electron chi connectivity index (χ2n) is 5.19. The molecule has 19 heavy (non-hydrogen) atoms. The summed E-state index contributed by atoms with van der Waals surface area (Å²) in [6, 6.07) is 6.55. The summed E-state index contributed by atoms with van der Waals surface area (Å²) in [5.74, 6) is 2.39. The van der Waals surface area contributed by atoms with Crippen LogP contribution < -0.4 is 14.8 Å². The van der Waals surface area contributed by atoms with Crippen molar-refractivity contribution in [2.45, 2.75) is 39.7 Å². The van der Waals surface area contributed by atoms with Crippen molar-refractivity contribution < 1.29 is 9.47 Å². The number of hydrogen-bond acceptors (Lipinski definition) is 3. The average molecular weight is 263 g/mol. The van der Waals surface area contributed by atoms with Crippen molar-refractivity contribution in [2.24, 2.45) is 5.92 Å². The van der Waals surface area contributed by atoms with Gasteiger partial charge >= 0.3 is 0 Å². The molecule has 1 aromatic carbocycles. The molecule has 2 rings (SSSR count). The molecule has 1 aliphatic heterocycles. The standard InChI is InChI=1S/C16H25NO2/c1-4-9-17-15(12(3)5-2)13-7-6-8-14-16(13)19-11-10-18-14/h6-8,12,15,17H,4-5,9-11H2,1-3H3. The lowest BCUT2D eigenvalue weighted by atomic mass is 9.91. The summed E-state index contributed by atoms with van der Waals surface area (Å²) < 4.78 is 11.5. The van der Waals surface area contributed by atoms with Crippen LogP contribution in [-0.2, 0) is 0 Å².